The number of ether oxygens (including phenoxy) is 1. The lowest BCUT2D eigenvalue weighted by Crippen LogP contribution is -2.10. The van der Waals surface area contributed by atoms with E-state index in [0.717, 1.165) is 5.56 Å². The molecule has 0 saturated heterocycles. The van der Waals surface area contributed by atoms with Crippen molar-refractivity contribution in [2.75, 3.05) is 0 Å². The fourth-order valence-corrected chi connectivity index (χ4v) is 3.67. The third-order valence-corrected chi connectivity index (χ3v) is 4.96. The van der Waals surface area contributed by atoms with Crippen molar-refractivity contribution < 1.29 is 17.3 Å². The Morgan fingerprint density at radius 2 is 1.79 bits per heavy atom. The Morgan fingerprint density at radius 3 is 2.46 bits per heavy atom. The molecule has 0 spiro atoms. The molecule has 126 valence electrons. The van der Waals surface area contributed by atoms with Gasteiger partial charge in [0.25, 0.3) is 0 Å². The van der Waals surface area contributed by atoms with E-state index in [4.69, 9.17) is 26.3 Å². The standard InChI is InChI=1S/C17H16ClNO4S/c18-14-8-6-13(7-9-14)15-10-16(17(19)22-15)23-24(20,21)11-12-4-2-1-3-5-12/h1-9,15H,10-11,19H2. The van der Waals surface area contributed by atoms with Crippen molar-refractivity contribution in [2.45, 2.75) is 18.3 Å². The Labute approximate surface area is 145 Å². The molecule has 2 aromatic rings. The third-order valence-electron chi connectivity index (χ3n) is 3.57. The monoisotopic (exact) mass is 365 g/mol. The van der Waals surface area contributed by atoms with Crippen molar-refractivity contribution >= 4 is 21.7 Å². The number of hydrogen-bond donors (Lipinski definition) is 1. The SMILES string of the molecule is NC1=C(OS(=O)(=O)Cc2ccccc2)CC(c2ccc(Cl)cc2)O1. The summed E-state index contributed by atoms with van der Waals surface area (Å²) in [7, 11) is -3.80. The zero-order valence-electron chi connectivity index (χ0n) is 12.7. The van der Waals surface area contributed by atoms with E-state index < -0.39 is 10.1 Å². The van der Waals surface area contributed by atoms with E-state index in [-0.39, 0.29) is 29.9 Å². The van der Waals surface area contributed by atoms with Gasteiger partial charge in [0.05, 0.1) is 6.42 Å². The zero-order valence-corrected chi connectivity index (χ0v) is 14.3. The predicted octanol–water partition coefficient (Wildman–Crippen LogP) is 3.48. The minimum absolute atomic E-state index is 0.00779. The van der Waals surface area contributed by atoms with Crippen molar-refractivity contribution in [1.82, 2.24) is 0 Å². The van der Waals surface area contributed by atoms with E-state index in [1.807, 2.05) is 18.2 Å². The first kappa shape index (κ1) is 16.7. The number of hydrogen-bond acceptors (Lipinski definition) is 5. The van der Waals surface area contributed by atoms with Crippen LogP contribution in [0.1, 0.15) is 23.7 Å². The highest BCUT2D eigenvalue weighted by Gasteiger charge is 2.30. The molecule has 0 saturated carbocycles. The molecule has 0 aliphatic carbocycles. The predicted molar refractivity (Wildman–Crippen MR) is 91.3 cm³/mol. The first-order chi connectivity index (χ1) is 11.4. The molecule has 2 N–H and O–H groups in total. The summed E-state index contributed by atoms with van der Waals surface area (Å²) < 4.78 is 35.1. The molecular weight excluding hydrogens is 350 g/mol. The number of nitrogens with two attached hydrogens (primary N) is 1. The van der Waals surface area contributed by atoms with Gasteiger partial charge in [-0.15, -0.1) is 0 Å². The lowest BCUT2D eigenvalue weighted by Gasteiger charge is -2.11. The lowest BCUT2D eigenvalue weighted by molar-refractivity contribution is 0.143. The summed E-state index contributed by atoms with van der Waals surface area (Å²) in [5.41, 5.74) is 7.27. The summed E-state index contributed by atoms with van der Waals surface area (Å²) in [6.45, 7) is 0. The number of halogens is 1. The quantitative estimate of drug-likeness (QED) is 0.821. The van der Waals surface area contributed by atoms with Crippen LogP contribution in [0, 0.1) is 0 Å². The zero-order chi connectivity index (χ0) is 17.2. The van der Waals surface area contributed by atoms with E-state index in [0.29, 0.717) is 10.6 Å². The molecule has 2 aromatic carbocycles. The molecule has 0 fully saturated rings. The maximum atomic E-state index is 12.2. The highest BCUT2D eigenvalue weighted by Crippen LogP contribution is 2.35. The maximum absolute atomic E-state index is 12.2. The molecular formula is C17H16ClNO4S. The molecule has 24 heavy (non-hydrogen) atoms. The van der Waals surface area contributed by atoms with Crippen LogP contribution >= 0.6 is 11.6 Å². The van der Waals surface area contributed by atoms with Crippen molar-refractivity contribution in [3.05, 3.63) is 82.4 Å². The summed E-state index contributed by atoms with van der Waals surface area (Å²) in [5, 5.41) is 0.611. The van der Waals surface area contributed by atoms with E-state index >= 15 is 0 Å². The molecule has 1 aliphatic heterocycles. The minimum Gasteiger partial charge on any atom is -0.468 e. The average molecular weight is 366 g/mol. The van der Waals surface area contributed by atoms with Gasteiger partial charge < -0.3 is 14.7 Å². The van der Waals surface area contributed by atoms with Gasteiger partial charge >= 0.3 is 10.1 Å². The second kappa shape index (κ2) is 6.75. The fourth-order valence-electron chi connectivity index (χ4n) is 2.43. The normalized spacial score (nSPS) is 17.6. The third kappa shape index (κ3) is 4.01. The first-order valence-corrected chi connectivity index (χ1v) is 9.25. The second-order valence-corrected chi connectivity index (χ2v) is 7.43. The average Bonchev–Trinajstić information content (AvgIpc) is 2.88. The fraction of sp³-hybridized carbons (Fsp3) is 0.176. The summed E-state index contributed by atoms with van der Waals surface area (Å²) in [4.78, 5) is 0. The highest BCUT2D eigenvalue weighted by atomic mass is 35.5. The van der Waals surface area contributed by atoms with Gasteiger partial charge in [0.15, 0.2) is 5.76 Å². The van der Waals surface area contributed by atoms with Gasteiger partial charge in [-0.2, -0.15) is 8.42 Å². The molecule has 0 bridgehead atoms. The molecule has 0 amide bonds. The van der Waals surface area contributed by atoms with Crippen LogP contribution in [0.4, 0.5) is 0 Å². The van der Waals surface area contributed by atoms with Crippen molar-refractivity contribution in [2.24, 2.45) is 5.73 Å². The first-order valence-electron chi connectivity index (χ1n) is 7.30. The van der Waals surface area contributed by atoms with Gasteiger partial charge in [-0.25, -0.2) is 0 Å². The highest BCUT2D eigenvalue weighted by molar-refractivity contribution is 7.86. The molecule has 1 atom stereocenters. The lowest BCUT2D eigenvalue weighted by atomic mass is 10.1. The Balaban J connectivity index is 1.69. The van der Waals surface area contributed by atoms with Gasteiger partial charge in [0.2, 0.25) is 5.88 Å². The minimum atomic E-state index is -3.80. The van der Waals surface area contributed by atoms with Crippen molar-refractivity contribution in [3.8, 4) is 0 Å². The van der Waals surface area contributed by atoms with Crippen LogP contribution < -0.4 is 5.73 Å². The van der Waals surface area contributed by atoms with Crippen molar-refractivity contribution in [3.63, 3.8) is 0 Å². The topological polar surface area (TPSA) is 78.6 Å². The van der Waals surface area contributed by atoms with Crippen molar-refractivity contribution in [1.29, 1.82) is 0 Å². The van der Waals surface area contributed by atoms with Crippen LogP contribution in [0.3, 0.4) is 0 Å². The molecule has 0 aromatic heterocycles. The van der Waals surface area contributed by atoms with Crippen LogP contribution in [0.15, 0.2) is 66.2 Å². The van der Waals surface area contributed by atoms with E-state index in [1.54, 1.807) is 36.4 Å². The second-order valence-electron chi connectivity index (χ2n) is 5.42. The summed E-state index contributed by atoms with van der Waals surface area (Å²) in [6.07, 6.45) is -0.134. The number of rotatable bonds is 5. The largest absolute Gasteiger partial charge is 0.468 e. The Bertz CT molecular complexity index is 848. The summed E-state index contributed by atoms with van der Waals surface area (Å²) in [5.74, 6) is -0.103. The van der Waals surface area contributed by atoms with E-state index in [2.05, 4.69) is 0 Å². The van der Waals surface area contributed by atoms with Crippen LogP contribution in [0.2, 0.25) is 5.02 Å². The van der Waals surface area contributed by atoms with Gasteiger partial charge in [-0.3, -0.25) is 0 Å². The molecule has 1 heterocycles. The van der Waals surface area contributed by atoms with Crippen LogP contribution in [-0.4, -0.2) is 8.42 Å². The van der Waals surface area contributed by atoms with E-state index in [9.17, 15) is 8.42 Å². The maximum Gasteiger partial charge on any atom is 0.313 e. The van der Waals surface area contributed by atoms with Gasteiger partial charge in [0, 0.05) is 5.02 Å². The molecule has 3 rings (SSSR count). The summed E-state index contributed by atoms with van der Waals surface area (Å²) >= 11 is 5.86. The van der Waals surface area contributed by atoms with Crippen LogP contribution in [0.5, 0.6) is 0 Å². The Hall–Kier alpha value is -2.18. The molecule has 1 unspecified atom stereocenters. The molecule has 0 radical (unpaired) electrons. The molecule has 5 nitrogen and oxygen atoms in total. The Kier molecular flexibility index (Phi) is 4.69. The van der Waals surface area contributed by atoms with Gasteiger partial charge in [0.1, 0.15) is 11.9 Å². The molecule has 1 aliphatic rings. The Morgan fingerprint density at radius 1 is 1.12 bits per heavy atom. The van der Waals surface area contributed by atoms with Crippen LogP contribution in [0.25, 0.3) is 0 Å². The van der Waals surface area contributed by atoms with Crippen LogP contribution in [-0.2, 0) is 24.8 Å². The van der Waals surface area contributed by atoms with Gasteiger partial charge in [-0.05, 0) is 23.3 Å². The van der Waals surface area contributed by atoms with E-state index in [1.165, 1.54) is 0 Å². The number of benzene rings is 2. The molecule has 7 heteroatoms. The summed E-state index contributed by atoms with van der Waals surface area (Å²) in [6, 6.07) is 15.9. The smallest absolute Gasteiger partial charge is 0.313 e. The van der Waals surface area contributed by atoms with Gasteiger partial charge in [-0.1, -0.05) is 54.1 Å².